The Balaban J connectivity index is 2.04. The summed E-state index contributed by atoms with van der Waals surface area (Å²) in [4.78, 5) is 31.6. The zero-order valence-corrected chi connectivity index (χ0v) is 17.0. The normalized spacial score (nSPS) is 10.6. The highest BCUT2D eigenvalue weighted by Crippen LogP contribution is 2.28. The Morgan fingerprint density at radius 2 is 1.53 bits per heavy atom. The van der Waals surface area contributed by atoms with Gasteiger partial charge in [-0.25, -0.2) is 0 Å². The number of rotatable bonds is 17. The van der Waals surface area contributed by atoms with E-state index in [0.717, 1.165) is 12.5 Å². The molecule has 30 heavy (non-hydrogen) atoms. The van der Waals surface area contributed by atoms with Crippen molar-refractivity contribution in [1.82, 2.24) is 5.32 Å². The van der Waals surface area contributed by atoms with Crippen LogP contribution in [-0.2, 0) is 19.0 Å². The number of hydrogen-bond donors (Lipinski definition) is 2. The fraction of sp³-hybridized carbons (Fsp3) is 0.611. The minimum absolute atomic E-state index is 0.0205. The molecule has 0 radical (unpaired) electrons. The quantitative estimate of drug-likeness (QED) is 0.215. The van der Waals surface area contributed by atoms with Crippen LogP contribution in [0.2, 0.25) is 0 Å². The highest BCUT2D eigenvalue weighted by Gasteiger charge is 2.18. The Kier molecular flexibility index (Phi) is 12.7. The van der Waals surface area contributed by atoms with Crippen molar-refractivity contribution in [3.63, 3.8) is 0 Å². The molecule has 0 bridgehead atoms. The first kappa shape index (κ1) is 25.2. The number of carbonyl (C=O) groups excluding carboxylic acids is 1. The lowest BCUT2D eigenvalue weighted by molar-refractivity contribution is -0.393. The van der Waals surface area contributed by atoms with E-state index in [1.54, 1.807) is 0 Å². The van der Waals surface area contributed by atoms with Gasteiger partial charge in [-0.3, -0.25) is 25.0 Å². The molecule has 2 N–H and O–H groups in total. The molecule has 0 aliphatic rings. The van der Waals surface area contributed by atoms with Crippen molar-refractivity contribution >= 4 is 23.0 Å². The summed E-state index contributed by atoms with van der Waals surface area (Å²) in [6.07, 6.45) is 1.33. The Morgan fingerprint density at radius 1 is 0.933 bits per heavy atom. The second kappa shape index (κ2) is 15.1. The Morgan fingerprint density at radius 3 is 2.10 bits per heavy atom. The van der Waals surface area contributed by atoms with E-state index in [0.29, 0.717) is 52.5 Å². The predicted molar refractivity (Wildman–Crippen MR) is 109 cm³/mol. The van der Waals surface area contributed by atoms with Crippen LogP contribution in [0.4, 0.5) is 17.1 Å². The van der Waals surface area contributed by atoms with Crippen LogP contribution in [0.1, 0.15) is 19.8 Å². The van der Waals surface area contributed by atoms with Crippen LogP contribution in [0.5, 0.6) is 0 Å². The first-order valence-corrected chi connectivity index (χ1v) is 9.62. The second-order valence-electron chi connectivity index (χ2n) is 6.08. The molecule has 12 nitrogen and oxygen atoms in total. The van der Waals surface area contributed by atoms with Crippen LogP contribution in [0.25, 0.3) is 0 Å². The predicted octanol–water partition coefficient (Wildman–Crippen LogP) is 1.88. The van der Waals surface area contributed by atoms with Gasteiger partial charge < -0.3 is 24.8 Å². The molecule has 0 heterocycles. The number of carbonyl (C=O) groups is 1. The molecule has 12 heteroatoms. The van der Waals surface area contributed by atoms with E-state index >= 15 is 0 Å². The fourth-order valence-corrected chi connectivity index (χ4v) is 2.31. The minimum atomic E-state index is -0.684. The van der Waals surface area contributed by atoms with E-state index in [-0.39, 0.29) is 29.6 Å². The van der Waals surface area contributed by atoms with Gasteiger partial charge in [0.2, 0.25) is 5.91 Å². The number of anilines is 1. The van der Waals surface area contributed by atoms with Crippen molar-refractivity contribution in [1.29, 1.82) is 0 Å². The van der Waals surface area contributed by atoms with Crippen LogP contribution in [-0.4, -0.2) is 68.5 Å². The van der Waals surface area contributed by atoms with Crippen molar-refractivity contribution in [2.45, 2.75) is 19.8 Å². The van der Waals surface area contributed by atoms with Gasteiger partial charge in [0.05, 0.1) is 55.6 Å². The number of benzene rings is 1. The van der Waals surface area contributed by atoms with Gasteiger partial charge in [0.25, 0.3) is 11.4 Å². The van der Waals surface area contributed by atoms with Crippen LogP contribution >= 0.6 is 0 Å². The molecule has 1 amide bonds. The van der Waals surface area contributed by atoms with Gasteiger partial charge in [-0.15, -0.1) is 0 Å². The maximum atomic E-state index is 11.2. The lowest BCUT2D eigenvalue weighted by Gasteiger charge is -2.09. The van der Waals surface area contributed by atoms with E-state index in [9.17, 15) is 25.0 Å². The number of nitro groups is 2. The first-order valence-electron chi connectivity index (χ1n) is 9.62. The molecule has 1 rings (SSSR count). The molecule has 0 aromatic heterocycles. The van der Waals surface area contributed by atoms with Crippen molar-refractivity contribution in [2.24, 2.45) is 0 Å². The third kappa shape index (κ3) is 10.6. The SMILES string of the molecule is CCCC(=O)NCCOCCOCCOCCNc1ccc([N+](=O)[O-])cc1[N+](=O)[O-]. The third-order valence-corrected chi connectivity index (χ3v) is 3.74. The minimum Gasteiger partial charge on any atom is -0.377 e. The zero-order valence-electron chi connectivity index (χ0n) is 17.0. The fourth-order valence-electron chi connectivity index (χ4n) is 2.31. The monoisotopic (exact) mass is 428 g/mol. The van der Waals surface area contributed by atoms with E-state index in [1.165, 1.54) is 12.1 Å². The number of nitrogens with one attached hydrogen (secondary N) is 2. The number of amides is 1. The molecular formula is C18H28N4O8. The smallest absolute Gasteiger partial charge is 0.299 e. The number of nitrogens with zero attached hydrogens (tertiary/aromatic N) is 2. The summed E-state index contributed by atoms with van der Waals surface area (Å²) in [5.41, 5.74) is -0.517. The van der Waals surface area contributed by atoms with Crippen molar-refractivity contribution in [3.8, 4) is 0 Å². The molecule has 1 aromatic rings. The van der Waals surface area contributed by atoms with E-state index in [1.807, 2.05) is 6.92 Å². The van der Waals surface area contributed by atoms with Crippen molar-refractivity contribution in [2.75, 3.05) is 58.0 Å². The van der Waals surface area contributed by atoms with E-state index in [4.69, 9.17) is 14.2 Å². The van der Waals surface area contributed by atoms with Gasteiger partial charge in [0.1, 0.15) is 5.69 Å². The Hall–Kier alpha value is -2.83. The molecule has 0 unspecified atom stereocenters. The molecular weight excluding hydrogens is 400 g/mol. The largest absolute Gasteiger partial charge is 0.377 e. The van der Waals surface area contributed by atoms with E-state index < -0.39 is 9.85 Å². The number of hydrogen-bond acceptors (Lipinski definition) is 9. The molecule has 0 saturated heterocycles. The van der Waals surface area contributed by atoms with Gasteiger partial charge in [0, 0.05) is 25.6 Å². The highest BCUT2D eigenvalue weighted by atomic mass is 16.6. The van der Waals surface area contributed by atoms with Gasteiger partial charge in [-0.2, -0.15) is 0 Å². The third-order valence-electron chi connectivity index (χ3n) is 3.74. The van der Waals surface area contributed by atoms with Crippen LogP contribution in [0.3, 0.4) is 0 Å². The summed E-state index contributed by atoms with van der Waals surface area (Å²) >= 11 is 0. The summed E-state index contributed by atoms with van der Waals surface area (Å²) in [6.45, 7) is 4.95. The molecule has 0 aliphatic heterocycles. The highest BCUT2D eigenvalue weighted by molar-refractivity contribution is 5.75. The summed E-state index contributed by atoms with van der Waals surface area (Å²) in [7, 11) is 0. The first-order chi connectivity index (χ1) is 14.5. The zero-order chi connectivity index (χ0) is 22.2. The molecule has 0 spiro atoms. The average Bonchev–Trinajstić information content (AvgIpc) is 2.71. The average molecular weight is 428 g/mol. The number of non-ortho nitro benzene ring substituents is 1. The van der Waals surface area contributed by atoms with E-state index in [2.05, 4.69) is 10.6 Å². The topological polar surface area (TPSA) is 155 Å². The standard InChI is InChI=1S/C18H28N4O8/c1-2-3-18(23)20-7-9-29-11-13-30-12-10-28-8-6-19-16-5-4-15(21(24)25)14-17(16)22(26)27/h4-5,14,19H,2-3,6-13H2,1H3,(H,20,23). The Labute approximate surface area is 174 Å². The summed E-state index contributed by atoms with van der Waals surface area (Å²) in [5, 5.41) is 27.3. The van der Waals surface area contributed by atoms with Gasteiger partial charge in [0.15, 0.2) is 0 Å². The molecule has 1 aromatic carbocycles. The van der Waals surface area contributed by atoms with Crippen molar-refractivity contribution < 1.29 is 28.9 Å². The molecule has 0 saturated carbocycles. The summed E-state index contributed by atoms with van der Waals surface area (Å²) in [5.74, 6) is 0.0205. The van der Waals surface area contributed by atoms with Gasteiger partial charge in [-0.1, -0.05) is 6.92 Å². The molecule has 168 valence electrons. The maximum absolute atomic E-state index is 11.2. The van der Waals surface area contributed by atoms with Crippen LogP contribution < -0.4 is 10.6 Å². The number of nitro benzene ring substituents is 2. The van der Waals surface area contributed by atoms with Crippen molar-refractivity contribution in [3.05, 3.63) is 38.4 Å². The molecule has 0 aliphatic carbocycles. The maximum Gasteiger partial charge on any atom is 0.299 e. The second-order valence-corrected chi connectivity index (χ2v) is 6.08. The van der Waals surface area contributed by atoms with Gasteiger partial charge >= 0.3 is 0 Å². The Bertz CT molecular complexity index is 686. The van der Waals surface area contributed by atoms with Crippen LogP contribution in [0, 0.1) is 20.2 Å². The molecule has 0 fully saturated rings. The van der Waals surface area contributed by atoms with Gasteiger partial charge in [-0.05, 0) is 12.5 Å². The van der Waals surface area contributed by atoms with Crippen LogP contribution in [0.15, 0.2) is 18.2 Å². The lowest BCUT2D eigenvalue weighted by Crippen LogP contribution is -2.27. The summed E-state index contributed by atoms with van der Waals surface area (Å²) in [6, 6.07) is 3.41. The molecule has 0 atom stereocenters. The number of ether oxygens (including phenoxy) is 3. The summed E-state index contributed by atoms with van der Waals surface area (Å²) < 4.78 is 16.0. The lowest BCUT2D eigenvalue weighted by atomic mass is 10.2.